The van der Waals surface area contributed by atoms with Gasteiger partial charge in [0.25, 0.3) is 0 Å². The Hall–Kier alpha value is -3.88. The van der Waals surface area contributed by atoms with Crippen LogP contribution in [0.4, 0.5) is 0 Å². The first-order chi connectivity index (χ1) is 20.5. The minimum absolute atomic E-state index is 0.0524. The number of likely N-dealkylation sites (tertiary alicyclic amines) is 1. The molecule has 0 saturated carbocycles. The Bertz CT molecular complexity index is 1230. The number of amides is 1. The van der Waals surface area contributed by atoms with Crippen molar-refractivity contribution in [3.8, 4) is 17.2 Å². The number of benzene rings is 3. The molecule has 42 heavy (non-hydrogen) atoms. The summed E-state index contributed by atoms with van der Waals surface area (Å²) in [7, 11) is 1.59. The quantitative estimate of drug-likeness (QED) is 0.169. The second-order valence-corrected chi connectivity index (χ2v) is 10.6. The van der Waals surface area contributed by atoms with Crippen LogP contribution in [-0.4, -0.2) is 67.7 Å². The number of unbranched alkanes of at least 4 members (excludes halogenated alkanes) is 1. The predicted molar refractivity (Wildman–Crippen MR) is 162 cm³/mol. The molecule has 1 aliphatic rings. The smallest absolute Gasteiger partial charge is 0.220 e. The number of carbonyl (C=O) groups is 2. The average Bonchev–Trinajstić information content (AvgIpc) is 3.55. The molecule has 1 heterocycles. The zero-order chi connectivity index (χ0) is 29.6. The monoisotopic (exact) mass is 574 g/mol. The number of aliphatic hydroxyl groups excluding tert-OH is 1. The molecule has 3 aromatic carbocycles. The number of hydrogen-bond donors (Lipinski definition) is 2. The van der Waals surface area contributed by atoms with Gasteiger partial charge < -0.3 is 29.5 Å². The maximum Gasteiger partial charge on any atom is 0.220 e. The average molecular weight is 575 g/mol. The highest BCUT2D eigenvalue weighted by Crippen LogP contribution is 2.23. The second-order valence-electron chi connectivity index (χ2n) is 10.6. The number of Topliss-reactive ketones (excluding diaryl/α,β-unsaturated/α-hetero) is 1. The first kappa shape index (κ1) is 31.1. The highest BCUT2D eigenvalue weighted by atomic mass is 16.5. The maximum atomic E-state index is 12.9. The number of para-hydroxylation sites is 1. The van der Waals surface area contributed by atoms with Crippen LogP contribution in [0.1, 0.15) is 60.6 Å². The highest BCUT2D eigenvalue weighted by molar-refractivity contribution is 5.96. The topological polar surface area (TPSA) is 97.3 Å². The van der Waals surface area contributed by atoms with E-state index in [2.05, 4.69) is 10.2 Å². The summed E-state index contributed by atoms with van der Waals surface area (Å²) < 4.78 is 16.6. The molecule has 224 valence electrons. The molecule has 4 rings (SSSR count). The van der Waals surface area contributed by atoms with E-state index in [4.69, 9.17) is 14.2 Å². The molecule has 1 fully saturated rings. The fourth-order valence-electron chi connectivity index (χ4n) is 5.07. The van der Waals surface area contributed by atoms with Crippen LogP contribution in [0.15, 0.2) is 78.9 Å². The zero-order valence-electron chi connectivity index (χ0n) is 24.4. The van der Waals surface area contributed by atoms with Gasteiger partial charge in [0.15, 0.2) is 5.78 Å². The SMILES string of the molecule is COc1ccc(C(=O)CCCCC(=O)N[C@H](CN2CCCC2)[C@@H](O)c2ccc(OCCOc3ccccc3)cc2)cc1. The number of methoxy groups -OCH3 is 1. The minimum atomic E-state index is -0.860. The van der Waals surface area contributed by atoms with Crippen LogP contribution in [-0.2, 0) is 4.79 Å². The van der Waals surface area contributed by atoms with E-state index in [0.29, 0.717) is 62.5 Å². The van der Waals surface area contributed by atoms with Crippen molar-refractivity contribution in [1.82, 2.24) is 10.2 Å². The molecule has 0 unspecified atom stereocenters. The Balaban J connectivity index is 1.24. The Labute approximate surface area is 248 Å². The van der Waals surface area contributed by atoms with Crippen molar-refractivity contribution in [2.24, 2.45) is 0 Å². The fraction of sp³-hybridized carbons (Fsp3) is 0.412. The number of nitrogens with zero attached hydrogens (tertiary/aromatic N) is 1. The van der Waals surface area contributed by atoms with E-state index in [9.17, 15) is 14.7 Å². The Morgan fingerprint density at radius 1 is 0.810 bits per heavy atom. The van der Waals surface area contributed by atoms with Crippen LogP contribution in [0.3, 0.4) is 0 Å². The molecule has 1 amide bonds. The van der Waals surface area contributed by atoms with Crippen molar-refractivity contribution < 1.29 is 28.9 Å². The lowest BCUT2D eigenvalue weighted by Gasteiger charge is -2.29. The van der Waals surface area contributed by atoms with Crippen LogP contribution in [0.25, 0.3) is 0 Å². The third kappa shape index (κ3) is 9.89. The molecule has 0 bridgehead atoms. The van der Waals surface area contributed by atoms with E-state index in [-0.39, 0.29) is 11.7 Å². The van der Waals surface area contributed by atoms with Crippen molar-refractivity contribution in [2.45, 2.75) is 50.7 Å². The van der Waals surface area contributed by atoms with Gasteiger partial charge >= 0.3 is 0 Å². The number of carbonyl (C=O) groups excluding carboxylic acids is 2. The molecule has 3 aromatic rings. The third-order valence-electron chi connectivity index (χ3n) is 7.44. The second kappa shape index (κ2) is 16.5. The summed E-state index contributed by atoms with van der Waals surface area (Å²) in [6.07, 6.45) is 3.29. The summed E-state index contributed by atoms with van der Waals surface area (Å²) in [5, 5.41) is 14.3. The van der Waals surface area contributed by atoms with Gasteiger partial charge in [-0.2, -0.15) is 0 Å². The maximum absolute atomic E-state index is 12.9. The number of ether oxygens (including phenoxy) is 3. The van der Waals surface area contributed by atoms with E-state index in [1.54, 1.807) is 31.4 Å². The van der Waals surface area contributed by atoms with Crippen LogP contribution in [0.5, 0.6) is 17.2 Å². The lowest BCUT2D eigenvalue weighted by atomic mass is 10.0. The fourth-order valence-corrected chi connectivity index (χ4v) is 5.07. The lowest BCUT2D eigenvalue weighted by Crippen LogP contribution is -2.46. The highest BCUT2D eigenvalue weighted by Gasteiger charge is 2.26. The molecule has 8 nitrogen and oxygen atoms in total. The van der Waals surface area contributed by atoms with Crippen molar-refractivity contribution in [3.05, 3.63) is 90.0 Å². The van der Waals surface area contributed by atoms with Gasteiger partial charge in [0, 0.05) is 24.9 Å². The van der Waals surface area contributed by atoms with Crippen molar-refractivity contribution in [2.75, 3.05) is 40.0 Å². The molecule has 0 aliphatic carbocycles. The number of hydrogen-bond acceptors (Lipinski definition) is 7. The molecule has 2 N–H and O–H groups in total. The van der Waals surface area contributed by atoms with Crippen molar-refractivity contribution in [1.29, 1.82) is 0 Å². The zero-order valence-corrected chi connectivity index (χ0v) is 24.4. The van der Waals surface area contributed by atoms with Gasteiger partial charge in [0.2, 0.25) is 5.91 Å². The van der Waals surface area contributed by atoms with E-state index in [0.717, 1.165) is 37.2 Å². The summed E-state index contributed by atoms with van der Waals surface area (Å²) >= 11 is 0. The number of nitrogens with one attached hydrogen (secondary N) is 1. The van der Waals surface area contributed by atoms with E-state index >= 15 is 0 Å². The summed E-state index contributed by atoms with van der Waals surface area (Å²) in [6.45, 7) is 3.33. The first-order valence-electron chi connectivity index (χ1n) is 14.8. The molecule has 2 atom stereocenters. The van der Waals surface area contributed by atoms with Crippen molar-refractivity contribution in [3.63, 3.8) is 0 Å². The predicted octanol–water partition coefficient (Wildman–Crippen LogP) is 5.21. The summed E-state index contributed by atoms with van der Waals surface area (Å²) in [6, 6.07) is 23.6. The van der Waals surface area contributed by atoms with Gasteiger partial charge in [0.1, 0.15) is 36.6 Å². The number of rotatable bonds is 17. The Morgan fingerprint density at radius 2 is 1.40 bits per heavy atom. The van der Waals surface area contributed by atoms with E-state index in [1.807, 2.05) is 54.6 Å². The molecular formula is C34H42N2O6. The molecule has 0 aromatic heterocycles. The first-order valence-corrected chi connectivity index (χ1v) is 14.8. The molecule has 0 radical (unpaired) electrons. The van der Waals surface area contributed by atoms with Crippen molar-refractivity contribution >= 4 is 11.7 Å². The normalized spacial score (nSPS) is 14.6. The van der Waals surface area contributed by atoms with Crippen LogP contribution >= 0.6 is 0 Å². The molecule has 0 spiro atoms. The van der Waals surface area contributed by atoms with Gasteiger partial charge in [0.05, 0.1) is 13.2 Å². The Morgan fingerprint density at radius 3 is 2.05 bits per heavy atom. The largest absolute Gasteiger partial charge is 0.497 e. The summed E-state index contributed by atoms with van der Waals surface area (Å²) in [4.78, 5) is 27.6. The van der Waals surface area contributed by atoms with E-state index in [1.165, 1.54) is 0 Å². The van der Waals surface area contributed by atoms with Gasteiger partial charge in [-0.25, -0.2) is 0 Å². The van der Waals surface area contributed by atoms with Gasteiger partial charge in [-0.05, 0) is 92.9 Å². The van der Waals surface area contributed by atoms with Gasteiger partial charge in [-0.3, -0.25) is 9.59 Å². The molecular weight excluding hydrogens is 532 g/mol. The van der Waals surface area contributed by atoms with Crippen LogP contribution < -0.4 is 19.5 Å². The standard InChI is InChI=1S/C34H42N2O6/c1-40-28-17-13-26(14-18-28)32(37)11-5-6-12-33(38)35-31(25-36-21-7-8-22-36)34(39)27-15-19-30(20-16-27)42-24-23-41-29-9-3-2-4-10-29/h2-4,9-10,13-20,31,34,39H,5-8,11-12,21-25H2,1H3,(H,35,38)/t31-,34+/m1/s1. The van der Waals surface area contributed by atoms with Gasteiger partial charge in [-0.1, -0.05) is 30.3 Å². The summed E-state index contributed by atoms with van der Waals surface area (Å²) in [5.41, 5.74) is 1.36. The van der Waals surface area contributed by atoms with E-state index < -0.39 is 12.1 Å². The van der Waals surface area contributed by atoms with Gasteiger partial charge in [-0.15, -0.1) is 0 Å². The minimum Gasteiger partial charge on any atom is -0.497 e. The number of ketones is 1. The number of aliphatic hydroxyl groups is 1. The molecule has 1 saturated heterocycles. The molecule has 8 heteroatoms. The summed E-state index contributed by atoms with van der Waals surface area (Å²) in [5.74, 6) is 2.13. The lowest BCUT2D eigenvalue weighted by molar-refractivity contribution is -0.123. The van der Waals surface area contributed by atoms with Crippen LogP contribution in [0, 0.1) is 0 Å². The van der Waals surface area contributed by atoms with Crippen LogP contribution in [0.2, 0.25) is 0 Å². The molecule has 1 aliphatic heterocycles. The Kier molecular flexibility index (Phi) is 12.2. The third-order valence-corrected chi connectivity index (χ3v) is 7.44.